The first-order chi connectivity index (χ1) is 7.65. The molecule has 4 heteroatoms. The molecule has 2 rings (SSSR count). The Morgan fingerprint density at radius 2 is 2.06 bits per heavy atom. The lowest BCUT2D eigenvalue weighted by Gasteiger charge is -2.46. The van der Waals surface area contributed by atoms with E-state index in [1.165, 1.54) is 12.8 Å². The molecule has 16 heavy (non-hydrogen) atoms. The van der Waals surface area contributed by atoms with Gasteiger partial charge in [0.05, 0.1) is 6.54 Å². The molecule has 94 valence electrons. The molecule has 0 radical (unpaired) electrons. The Morgan fingerprint density at radius 1 is 1.38 bits per heavy atom. The second-order valence-electron chi connectivity index (χ2n) is 5.25. The molecule has 1 saturated carbocycles. The third-order valence-electron chi connectivity index (χ3n) is 4.14. The van der Waals surface area contributed by atoms with Crippen molar-refractivity contribution >= 4 is 0 Å². The van der Waals surface area contributed by atoms with Crippen molar-refractivity contribution in [3.63, 3.8) is 0 Å². The van der Waals surface area contributed by atoms with Gasteiger partial charge in [-0.1, -0.05) is 19.8 Å². The Hall–Kier alpha value is -0.220. The summed E-state index contributed by atoms with van der Waals surface area (Å²) in [7, 11) is 0. The van der Waals surface area contributed by atoms with Crippen LogP contribution in [-0.2, 0) is 0 Å². The first-order valence-corrected chi connectivity index (χ1v) is 6.42. The van der Waals surface area contributed by atoms with Crippen LogP contribution in [0, 0.1) is 0 Å². The summed E-state index contributed by atoms with van der Waals surface area (Å²) in [6, 6.07) is 0.292. The van der Waals surface area contributed by atoms with Gasteiger partial charge in [-0.2, -0.15) is 0 Å². The smallest absolute Gasteiger partial charge is 0.251 e. The Labute approximate surface area is 96.4 Å². The van der Waals surface area contributed by atoms with Crippen LogP contribution in [0.15, 0.2) is 0 Å². The zero-order chi connectivity index (χ0) is 11.6. The summed E-state index contributed by atoms with van der Waals surface area (Å²) in [4.78, 5) is 2.01. The summed E-state index contributed by atoms with van der Waals surface area (Å²) >= 11 is 0. The predicted octanol–water partition coefficient (Wildman–Crippen LogP) is 2.25. The number of hydrogen-bond donors (Lipinski definition) is 1. The van der Waals surface area contributed by atoms with Gasteiger partial charge in [-0.05, 0) is 19.3 Å². The fraction of sp³-hybridized carbons (Fsp3) is 1.00. The summed E-state index contributed by atoms with van der Waals surface area (Å²) in [5, 5.41) is 3.61. The van der Waals surface area contributed by atoms with Crippen LogP contribution in [0.3, 0.4) is 0 Å². The van der Waals surface area contributed by atoms with E-state index in [1.54, 1.807) is 0 Å². The van der Waals surface area contributed by atoms with Gasteiger partial charge in [-0.15, -0.1) is 0 Å². The molecular weight excluding hydrogens is 210 g/mol. The van der Waals surface area contributed by atoms with Gasteiger partial charge < -0.3 is 5.32 Å². The van der Waals surface area contributed by atoms with Gasteiger partial charge in [0.15, 0.2) is 0 Å². The van der Waals surface area contributed by atoms with E-state index >= 15 is 0 Å². The molecule has 1 unspecified atom stereocenters. The fourth-order valence-electron chi connectivity index (χ4n) is 3.22. The summed E-state index contributed by atoms with van der Waals surface area (Å²) in [6.45, 7) is 3.72. The van der Waals surface area contributed by atoms with Crippen molar-refractivity contribution in [2.24, 2.45) is 0 Å². The summed E-state index contributed by atoms with van der Waals surface area (Å²) in [5.41, 5.74) is 0.153. The van der Waals surface area contributed by atoms with E-state index in [0.717, 1.165) is 32.4 Å². The number of rotatable bonds is 3. The molecule has 0 aromatic carbocycles. The number of nitrogens with zero attached hydrogens (tertiary/aromatic N) is 1. The molecule has 0 aromatic rings. The molecule has 2 fully saturated rings. The largest absolute Gasteiger partial charge is 0.308 e. The molecule has 0 aromatic heterocycles. The predicted molar refractivity (Wildman–Crippen MR) is 60.9 cm³/mol. The molecular formula is C12H22F2N2. The molecule has 1 atom stereocenters. The van der Waals surface area contributed by atoms with E-state index in [1.807, 2.05) is 4.90 Å². The lowest BCUT2D eigenvalue weighted by molar-refractivity contribution is 0.0199. The Bertz CT molecular complexity index is 227. The highest BCUT2D eigenvalue weighted by atomic mass is 19.3. The summed E-state index contributed by atoms with van der Waals surface area (Å²) < 4.78 is 25.1. The van der Waals surface area contributed by atoms with Crippen LogP contribution in [0.2, 0.25) is 0 Å². The number of nitrogens with one attached hydrogen (secondary N) is 1. The first kappa shape index (κ1) is 12.2. The molecule has 1 aliphatic heterocycles. The van der Waals surface area contributed by atoms with E-state index in [-0.39, 0.29) is 12.1 Å². The van der Waals surface area contributed by atoms with Crippen LogP contribution in [0.5, 0.6) is 0 Å². The van der Waals surface area contributed by atoms with Crippen LogP contribution in [0.1, 0.15) is 39.0 Å². The maximum Gasteiger partial charge on any atom is 0.251 e. The number of alkyl halides is 2. The van der Waals surface area contributed by atoms with Crippen molar-refractivity contribution in [1.82, 2.24) is 10.2 Å². The zero-order valence-corrected chi connectivity index (χ0v) is 10.0. The lowest BCUT2D eigenvalue weighted by Crippen LogP contribution is -2.63. The standard InChI is InChI=1S/C12H22F2N2/c1-2-10-7-15-12(5-3-4-6-12)9-16(10)8-11(13)14/h10-11,15H,2-9H2,1H3. The van der Waals surface area contributed by atoms with Crippen LogP contribution in [-0.4, -0.2) is 42.5 Å². The molecule has 2 aliphatic rings. The van der Waals surface area contributed by atoms with Crippen LogP contribution in [0.4, 0.5) is 8.78 Å². The molecule has 0 bridgehead atoms. The Morgan fingerprint density at radius 3 is 2.62 bits per heavy atom. The Kier molecular flexibility index (Phi) is 3.80. The van der Waals surface area contributed by atoms with Crippen molar-refractivity contribution in [3.05, 3.63) is 0 Å². The highest BCUT2D eigenvalue weighted by Gasteiger charge is 2.40. The second kappa shape index (κ2) is 4.96. The van der Waals surface area contributed by atoms with Crippen molar-refractivity contribution in [3.8, 4) is 0 Å². The Balaban J connectivity index is 1.99. The summed E-state index contributed by atoms with van der Waals surface area (Å²) in [5.74, 6) is 0. The fourth-order valence-corrected chi connectivity index (χ4v) is 3.22. The number of piperazine rings is 1. The van der Waals surface area contributed by atoms with Gasteiger partial charge in [-0.3, -0.25) is 4.90 Å². The minimum absolute atomic E-state index is 0.0536. The molecule has 1 aliphatic carbocycles. The number of hydrogen-bond acceptors (Lipinski definition) is 2. The third kappa shape index (κ3) is 2.54. The molecule has 1 heterocycles. The van der Waals surface area contributed by atoms with E-state index in [2.05, 4.69) is 12.2 Å². The summed E-state index contributed by atoms with van der Waals surface area (Å²) in [6.07, 6.45) is 3.55. The van der Waals surface area contributed by atoms with Gasteiger partial charge in [0.2, 0.25) is 0 Å². The zero-order valence-electron chi connectivity index (χ0n) is 10.0. The van der Waals surface area contributed by atoms with E-state index in [9.17, 15) is 8.78 Å². The SMILES string of the molecule is CCC1CNC2(CCCC2)CN1CC(F)F. The first-order valence-electron chi connectivity index (χ1n) is 6.42. The highest BCUT2D eigenvalue weighted by molar-refractivity contribution is 5.00. The maximum absolute atomic E-state index is 12.5. The normalized spacial score (nSPS) is 30.4. The van der Waals surface area contributed by atoms with Gasteiger partial charge in [0, 0.05) is 24.7 Å². The van der Waals surface area contributed by atoms with Crippen LogP contribution in [0.25, 0.3) is 0 Å². The molecule has 1 saturated heterocycles. The molecule has 2 nitrogen and oxygen atoms in total. The third-order valence-corrected chi connectivity index (χ3v) is 4.14. The lowest BCUT2D eigenvalue weighted by atomic mass is 9.91. The van der Waals surface area contributed by atoms with Crippen molar-refractivity contribution < 1.29 is 8.78 Å². The van der Waals surface area contributed by atoms with Crippen molar-refractivity contribution in [1.29, 1.82) is 0 Å². The average molecular weight is 232 g/mol. The van der Waals surface area contributed by atoms with Gasteiger partial charge in [-0.25, -0.2) is 8.78 Å². The highest BCUT2D eigenvalue weighted by Crippen LogP contribution is 2.33. The average Bonchev–Trinajstić information content (AvgIpc) is 2.66. The number of halogens is 2. The topological polar surface area (TPSA) is 15.3 Å². The maximum atomic E-state index is 12.5. The van der Waals surface area contributed by atoms with E-state index in [0.29, 0.717) is 6.04 Å². The van der Waals surface area contributed by atoms with E-state index in [4.69, 9.17) is 0 Å². The molecule has 1 spiro atoms. The van der Waals surface area contributed by atoms with Crippen LogP contribution < -0.4 is 5.32 Å². The molecule has 1 N–H and O–H groups in total. The minimum Gasteiger partial charge on any atom is -0.308 e. The van der Waals surface area contributed by atoms with Gasteiger partial charge >= 0.3 is 0 Å². The second-order valence-corrected chi connectivity index (χ2v) is 5.25. The van der Waals surface area contributed by atoms with Gasteiger partial charge in [0.25, 0.3) is 6.43 Å². The van der Waals surface area contributed by atoms with Crippen molar-refractivity contribution in [2.45, 2.75) is 57.0 Å². The van der Waals surface area contributed by atoms with Gasteiger partial charge in [0.1, 0.15) is 0 Å². The molecule has 0 amide bonds. The van der Waals surface area contributed by atoms with E-state index < -0.39 is 6.43 Å². The minimum atomic E-state index is -2.20. The van der Waals surface area contributed by atoms with Crippen molar-refractivity contribution in [2.75, 3.05) is 19.6 Å². The van der Waals surface area contributed by atoms with Crippen LogP contribution >= 0.6 is 0 Å². The quantitative estimate of drug-likeness (QED) is 0.803. The monoisotopic (exact) mass is 232 g/mol.